The third-order valence-electron chi connectivity index (χ3n) is 1.39. The van der Waals surface area contributed by atoms with Crippen LogP contribution in [0, 0.1) is 5.41 Å². The van der Waals surface area contributed by atoms with Crippen molar-refractivity contribution in [2.45, 2.75) is 27.2 Å². The van der Waals surface area contributed by atoms with Gasteiger partial charge in [-0.25, -0.2) is 0 Å². The minimum atomic E-state index is 0. The van der Waals surface area contributed by atoms with Gasteiger partial charge in [-0.15, -0.1) is 0 Å². The van der Waals surface area contributed by atoms with Gasteiger partial charge in [-0.05, 0) is 11.8 Å². The van der Waals surface area contributed by atoms with Gasteiger partial charge in [0.25, 0.3) is 0 Å². The van der Waals surface area contributed by atoms with Crippen molar-refractivity contribution in [3.8, 4) is 0 Å². The molecule has 1 nitrogen and oxygen atoms in total. The maximum absolute atomic E-state index is 8.59. The van der Waals surface area contributed by atoms with Crippen LogP contribution >= 0.6 is 0 Å². The second kappa shape index (κ2) is 4.90. The Balaban J connectivity index is 0. The van der Waals surface area contributed by atoms with Crippen LogP contribution in [0.2, 0.25) is 0 Å². The van der Waals surface area contributed by atoms with Gasteiger partial charge in [-0.1, -0.05) is 20.8 Å². The first kappa shape index (κ1) is 11.8. The van der Waals surface area contributed by atoms with Crippen molar-refractivity contribution in [1.82, 2.24) is 0 Å². The molecular formula is C6H14OY. The van der Waals surface area contributed by atoms with E-state index in [0.717, 1.165) is 6.42 Å². The molecule has 1 N–H and O–H groups in total. The molecule has 2 heteroatoms. The first-order valence-electron chi connectivity index (χ1n) is 2.73. The van der Waals surface area contributed by atoms with Crippen LogP contribution in [0.3, 0.4) is 0 Å². The molecule has 0 saturated carbocycles. The molecule has 1 radical (unpaired) electrons. The van der Waals surface area contributed by atoms with Crippen LogP contribution < -0.4 is 0 Å². The predicted molar refractivity (Wildman–Crippen MR) is 31.2 cm³/mol. The van der Waals surface area contributed by atoms with Gasteiger partial charge < -0.3 is 5.11 Å². The van der Waals surface area contributed by atoms with Crippen molar-refractivity contribution < 1.29 is 37.8 Å². The van der Waals surface area contributed by atoms with E-state index in [1.54, 1.807) is 0 Å². The van der Waals surface area contributed by atoms with E-state index in [-0.39, 0.29) is 38.1 Å². The van der Waals surface area contributed by atoms with Gasteiger partial charge in [-0.2, -0.15) is 0 Å². The normalized spacial score (nSPS) is 10.5. The number of aliphatic hydroxyl groups excluding tert-OH is 1. The molecule has 0 aromatic carbocycles. The monoisotopic (exact) mass is 191 g/mol. The second-order valence-corrected chi connectivity index (χ2v) is 2.68. The Morgan fingerprint density at radius 3 is 1.75 bits per heavy atom. The molecule has 0 saturated heterocycles. The average Bonchev–Trinajstić information content (AvgIpc) is 1.68. The van der Waals surface area contributed by atoms with Crippen molar-refractivity contribution in [3.05, 3.63) is 0 Å². The van der Waals surface area contributed by atoms with Crippen molar-refractivity contribution in [2.24, 2.45) is 5.41 Å². The summed E-state index contributed by atoms with van der Waals surface area (Å²) < 4.78 is 0. The maximum atomic E-state index is 8.59. The van der Waals surface area contributed by atoms with Crippen LogP contribution in [0.25, 0.3) is 0 Å². The van der Waals surface area contributed by atoms with E-state index in [0.29, 0.717) is 6.61 Å². The van der Waals surface area contributed by atoms with Gasteiger partial charge in [-0.3, -0.25) is 0 Å². The quantitative estimate of drug-likeness (QED) is 0.699. The van der Waals surface area contributed by atoms with Gasteiger partial charge in [0.05, 0.1) is 0 Å². The maximum Gasteiger partial charge on any atom is 0.0482 e. The summed E-state index contributed by atoms with van der Waals surface area (Å²) >= 11 is 0. The molecular weight excluding hydrogens is 177 g/mol. The molecule has 0 heterocycles. The Morgan fingerprint density at radius 1 is 1.38 bits per heavy atom. The van der Waals surface area contributed by atoms with E-state index in [1.807, 2.05) is 13.8 Å². The van der Waals surface area contributed by atoms with E-state index in [1.165, 1.54) is 0 Å². The average molecular weight is 191 g/mol. The number of hydrogen-bond acceptors (Lipinski definition) is 1. The van der Waals surface area contributed by atoms with Gasteiger partial charge in [0.2, 0.25) is 0 Å². The summed E-state index contributed by atoms with van der Waals surface area (Å²) in [4.78, 5) is 0. The van der Waals surface area contributed by atoms with E-state index >= 15 is 0 Å². The standard InChI is InChI=1S/C6H14O.Y/c1-4-6(2,3)5-7;/h7H,4-5H2,1-3H3;. The molecule has 0 aliphatic heterocycles. The molecule has 0 aliphatic carbocycles. The SMILES string of the molecule is CCC(C)(C)CO.[Y]. The zero-order valence-corrected chi connectivity index (χ0v) is 8.78. The summed E-state index contributed by atoms with van der Waals surface area (Å²) in [6.07, 6.45) is 1.05. The number of hydrogen-bond donors (Lipinski definition) is 1. The minimum absolute atomic E-state index is 0. The smallest absolute Gasteiger partial charge is 0.0482 e. The van der Waals surface area contributed by atoms with Crippen LogP contribution in [0.5, 0.6) is 0 Å². The molecule has 0 unspecified atom stereocenters. The summed E-state index contributed by atoms with van der Waals surface area (Å²) in [5, 5.41) is 8.59. The molecule has 0 amide bonds. The first-order valence-corrected chi connectivity index (χ1v) is 2.73. The van der Waals surface area contributed by atoms with Crippen LogP contribution in [-0.4, -0.2) is 11.7 Å². The van der Waals surface area contributed by atoms with Gasteiger partial charge in [0.1, 0.15) is 0 Å². The molecule has 0 aliphatic rings. The fraction of sp³-hybridized carbons (Fsp3) is 1.00. The van der Waals surface area contributed by atoms with Crippen LogP contribution in [0.1, 0.15) is 27.2 Å². The Hall–Kier alpha value is 1.06. The van der Waals surface area contributed by atoms with E-state index < -0.39 is 0 Å². The van der Waals surface area contributed by atoms with Gasteiger partial charge in [0.15, 0.2) is 0 Å². The predicted octanol–water partition coefficient (Wildman–Crippen LogP) is 1.41. The largest absolute Gasteiger partial charge is 0.396 e. The second-order valence-electron chi connectivity index (χ2n) is 2.68. The number of aliphatic hydroxyl groups is 1. The van der Waals surface area contributed by atoms with E-state index in [4.69, 9.17) is 5.11 Å². The molecule has 0 aromatic rings. The Bertz CT molecular complexity index is 46.5. The molecule has 0 spiro atoms. The Morgan fingerprint density at radius 2 is 1.75 bits per heavy atom. The summed E-state index contributed by atoms with van der Waals surface area (Å²) in [5.41, 5.74) is 0.139. The first-order chi connectivity index (χ1) is 3.12. The van der Waals surface area contributed by atoms with Crippen LogP contribution in [0.4, 0.5) is 0 Å². The van der Waals surface area contributed by atoms with Gasteiger partial charge in [0, 0.05) is 39.3 Å². The summed E-state index contributed by atoms with van der Waals surface area (Å²) in [6, 6.07) is 0. The third-order valence-corrected chi connectivity index (χ3v) is 1.39. The van der Waals surface area contributed by atoms with Crippen molar-refractivity contribution in [2.75, 3.05) is 6.61 Å². The molecule has 0 aromatic heterocycles. The van der Waals surface area contributed by atoms with E-state index in [2.05, 4.69) is 6.92 Å². The molecule has 0 rings (SSSR count). The van der Waals surface area contributed by atoms with Crippen LogP contribution in [-0.2, 0) is 32.7 Å². The molecule has 0 atom stereocenters. The zero-order chi connectivity index (χ0) is 5.91. The number of rotatable bonds is 2. The fourth-order valence-corrected chi connectivity index (χ4v) is 0.112. The minimum Gasteiger partial charge on any atom is -0.396 e. The van der Waals surface area contributed by atoms with Crippen molar-refractivity contribution >= 4 is 0 Å². The topological polar surface area (TPSA) is 20.2 Å². The molecule has 8 heavy (non-hydrogen) atoms. The zero-order valence-electron chi connectivity index (χ0n) is 5.94. The van der Waals surface area contributed by atoms with Crippen molar-refractivity contribution in [3.63, 3.8) is 0 Å². The van der Waals surface area contributed by atoms with Crippen LogP contribution in [0.15, 0.2) is 0 Å². The van der Waals surface area contributed by atoms with E-state index in [9.17, 15) is 0 Å². The Kier molecular flexibility index (Phi) is 7.23. The summed E-state index contributed by atoms with van der Waals surface area (Å²) in [6.45, 7) is 6.47. The summed E-state index contributed by atoms with van der Waals surface area (Å²) in [5.74, 6) is 0. The van der Waals surface area contributed by atoms with Crippen molar-refractivity contribution in [1.29, 1.82) is 0 Å². The third kappa shape index (κ3) is 5.21. The molecule has 0 bridgehead atoms. The molecule has 47 valence electrons. The molecule has 0 fully saturated rings. The summed E-state index contributed by atoms with van der Waals surface area (Å²) in [7, 11) is 0. The van der Waals surface area contributed by atoms with Gasteiger partial charge >= 0.3 is 0 Å². The Labute approximate surface area is 76.7 Å². The fourth-order valence-electron chi connectivity index (χ4n) is 0.112.